The lowest BCUT2D eigenvalue weighted by Crippen LogP contribution is -2.37. The molecule has 1 amide bonds. The molecule has 3 aromatic rings. The van der Waals surface area contributed by atoms with Gasteiger partial charge in [-0.15, -0.1) is 11.3 Å². The van der Waals surface area contributed by atoms with Crippen LogP contribution in [0.1, 0.15) is 46.7 Å². The van der Waals surface area contributed by atoms with Crippen LogP contribution < -0.4 is 5.32 Å². The number of carbonyl (C=O) groups is 1. The molecule has 0 spiro atoms. The van der Waals surface area contributed by atoms with Crippen molar-refractivity contribution in [1.82, 2.24) is 24.4 Å². The van der Waals surface area contributed by atoms with Crippen LogP contribution >= 0.6 is 22.9 Å². The number of rotatable bonds is 7. The number of piperidine rings is 1. The second-order valence-electron chi connectivity index (χ2n) is 8.61. The molecule has 12 heteroatoms. The zero-order valence-corrected chi connectivity index (χ0v) is 21.7. The Morgan fingerprint density at radius 3 is 2.74 bits per heavy atom. The lowest BCUT2D eigenvalue weighted by atomic mass is 9.99. The smallest absolute Gasteiger partial charge is 0.271 e. The molecule has 1 aromatic carbocycles. The first kappa shape index (κ1) is 25.3. The van der Waals surface area contributed by atoms with Gasteiger partial charge in [0.2, 0.25) is 10.0 Å². The number of aromatic nitrogens is 3. The molecule has 184 valence electrons. The Morgan fingerprint density at radius 2 is 2.09 bits per heavy atom. The molecule has 1 unspecified atom stereocenters. The maximum atomic E-state index is 12.7. The summed E-state index contributed by atoms with van der Waals surface area (Å²) < 4.78 is 26.6. The van der Waals surface area contributed by atoms with E-state index >= 15 is 0 Å². The van der Waals surface area contributed by atoms with Crippen molar-refractivity contribution in [3.8, 4) is 17.3 Å². The highest BCUT2D eigenvalue weighted by atomic mass is 35.5. The van der Waals surface area contributed by atoms with Crippen LogP contribution in [-0.2, 0) is 16.6 Å². The molecule has 4 rings (SSSR count). The number of halogens is 1. The Labute approximate surface area is 213 Å². The van der Waals surface area contributed by atoms with Crippen LogP contribution in [-0.4, -0.2) is 58.8 Å². The number of carbonyl (C=O) groups excluding carboxylic acids is 1. The van der Waals surface area contributed by atoms with Crippen molar-refractivity contribution in [2.24, 2.45) is 0 Å². The van der Waals surface area contributed by atoms with Gasteiger partial charge in [-0.3, -0.25) is 9.48 Å². The number of hydrogen-bond acceptors (Lipinski definition) is 7. The van der Waals surface area contributed by atoms with Gasteiger partial charge in [-0.2, -0.15) is 10.4 Å². The van der Waals surface area contributed by atoms with E-state index < -0.39 is 10.0 Å². The SMILES string of the molecule is CC(Cn1ccc(-c2ccc(C#N)c(Cl)c2)n1)NC(=O)c1csc(C2CCN(S(C)(=O)=O)CC2)n1. The van der Waals surface area contributed by atoms with Gasteiger partial charge in [0, 0.05) is 42.2 Å². The van der Waals surface area contributed by atoms with Gasteiger partial charge >= 0.3 is 0 Å². The monoisotopic (exact) mass is 532 g/mol. The second-order valence-corrected chi connectivity index (χ2v) is 11.9. The van der Waals surface area contributed by atoms with Crippen LogP contribution in [0.3, 0.4) is 0 Å². The highest BCUT2D eigenvalue weighted by molar-refractivity contribution is 7.88. The van der Waals surface area contributed by atoms with Gasteiger partial charge in [-0.05, 0) is 38.0 Å². The van der Waals surface area contributed by atoms with Crippen molar-refractivity contribution in [1.29, 1.82) is 5.26 Å². The minimum atomic E-state index is -3.17. The van der Waals surface area contributed by atoms with Crippen molar-refractivity contribution in [3.05, 3.63) is 57.1 Å². The van der Waals surface area contributed by atoms with Crippen molar-refractivity contribution >= 4 is 38.9 Å². The number of hydrogen-bond donors (Lipinski definition) is 1. The molecule has 1 aliphatic heterocycles. The largest absolute Gasteiger partial charge is 0.346 e. The van der Waals surface area contributed by atoms with E-state index in [1.54, 1.807) is 28.3 Å². The standard InChI is InChI=1S/C23H25ClN6O3S2/c1-15(13-29-8-7-20(28-29)17-3-4-18(12-25)19(24)11-17)26-22(31)21-14-34-23(27-21)16-5-9-30(10-6-16)35(2,32)33/h3-4,7-8,11,14-16H,5-6,9-10,13H2,1-2H3,(H,26,31). The third kappa shape index (κ3) is 6.08. The summed E-state index contributed by atoms with van der Waals surface area (Å²) in [5, 5.41) is 19.5. The summed E-state index contributed by atoms with van der Waals surface area (Å²) in [6, 6.07) is 8.87. The fourth-order valence-electron chi connectivity index (χ4n) is 4.02. The molecular weight excluding hydrogens is 508 g/mol. The lowest BCUT2D eigenvalue weighted by Gasteiger charge is -2.29. The van der Waals surface area contributed by atoms with Crippen molar-refractivity contribution < 1.29 is 13.2 Å². The van der Waals surface area contributed by atoms with Crippen LogP contribution in [0.4, 0.5) is 0 Å². The number of nitrogens with one attached hydrogen (secondary N) is 1. The van der Waals surface area contributed by atoms with E-state index in [9.17, 15) is 13.2 Å². The van der Waals surface area contributed by atoms with Crippen molar-refractivity contribution in [2.75, 3.05) is 19.3 Å². The Hall–Kier alpha value is -2.78. The summed E-state index contributed by atoms with van der Waals surface area (Å²) in [7, 11) is -3.17. The first-order chi connectivity index (χ1) is 16.6. The number of amides is 1. The van der Waals surface area contributed by atoms with Gasteiger partial charge < -0.3 is 5.32 Å². The third-order valence-electron chi connectivity index (χ3n) is 5.89. The highest BCUT2D eigenvalue weighted by Gasteiger charge is 2.28. The maximum Gasteiger partial charge on any atom is 0.271 e. The fourth-order valence-corrected chi connectivity index (χ4v) is 6.09. The van der Waals surface area contributed by atoms with Crippen molar-refractivity contribution in [2.45, 2.75) is 38.3 Å². The van der Waals surface area contributed by atoms with Gasteiger partial charge in [-0.25, -0.2) is 17.7 Å². The lowest BCUT2D eigenvalue weighted by molar-refractivity contribution is 0.0931. The number of thiazole rings is 1. The van der Waals surface area contributed by atoms with E-state index in [-0.39, 0.29) is 17.9 Å². The normalized spacial score (nSPS) is 16.1. The summed E-state index contributed by atoms with van der Waals surface area (Å²) in [6.45, 7) is 3.31. The van der Waals surface area contributed by atoms with Gasteiger partial charge in [0.1, 0.15) is 11.8 Å². The number of sulfonamides is 1. The average Bonchev–Trinajstić information content (AvgIpc) is 3.49. The highest BCUT2D eigenvalue weighted by Crippen LogP contribution is 2.31. The van der Waals surface area contributed by atoms with Gasteiger partial charge in [-0.1, -0.05) is 17.7 Å². The van der Waals surface area contributed by atoms with E-state index in [4.69, 9.17) is 16.9 Å². The van der Waals surface area contributed by atoms with Crippen LogP contribution in [0.15, 0.2) is 35.8 Å². The average molecular weight is 533 g/mol. The summed E-state index contributed by atoms with van der Waals surface area (Å²) in [6.07, 6.45) is 4.45. The molecule has 1 atom stereocenters. The zero-order valence-electron chi connectivity index (χ0n) is 19.3. The van der Waals surface area contributed by atoms with E-state index in [2.05, 4.69) is 15.4 Å². The first-order valence-electron chi connectivity index (χ1n) is 11.1. The Bertz CT molecular complexity index is 1370. The number of benzene rings is 1. The Balaban J connectivity index is 1.32. The molecule has 1 aliphatic rings. The van der Waals surface area contributed by atoms with E-state index in [0.29, 0.717) is 48.8 Å². The third-order valence-corrected chi connectivity index (χ3v) is 8.51. The Morgan fingerprint density at radius 1 is 1.34 bits per heavy atom. The minimum absolute atomic E-state index is 0.162. The molecule has 2 aromatic heterocycles. The molecule has 3 heterocycles. The second kappa shape index (κ2) is 10.5. The van der Waals surface area contributed by atoms with Crippen LogP contribution in [0.5, 0.6) is 0 Å². The Kier molecular flexibility index (Phi) is 7.56. The molecule has 0 saturated carbocycles. The molecule has 0 radical (unpaired) electrons. The predicted molar refractivity (Wildman–Crippen MR) is 135 cm³/mol. The topological polar surface area (TPSA) is 121 Å². The molecule has 0 bridgehead atoms. The van der Waals surface area contributed by atoms with Crippen LogP contribution in [0.2, 0.25) is 5.02 Å². The molecular formula is C23H25ClN6O3S2. The van der Waals surface area contributed by atoms with Gasteiger partial charge in [0.05, 0.1) is 34.1 Å². The van der Waals surface area contributed by atoms with Crippen LogP contribution in [0, 0.1) is 11.3 Å². The molecule has 1 saturated heterocycles. The molecule has 0 aliphatic carbocycles. The summed E-state index contributed by atoms with van der Waals surface area (Å²) in [4.78, 5) is 17.3. The molecule has 1 fully saturated rings. The molecule has 35 heavy (non-hydrogen) atoms. The zero-order chi connectivity index (χ0) is 25.2. The fraction of sp³-hybridized carbons (Fsp3) is 0.391. The summed E-state index contributed by atoms with van der Waals surface area (Å²) in [5.74, 6) is -0.0879. The molecule has 1 N–H and O–H groups in total. The maximum absolute atomic E-state index is 12.7. The van der Waals surface area contributed by atoms with E-state index in [0.717, 1.165) is 16.3 Å². The minimum Gasteiger partial charge on any atom is -0.346 e. The van der Waals surface area contributed by atoms with Crippen molar-refractivity contribution in [3.63, 3.8) is 0 Å². The van der Waals surface area contributed by atoms with Gasteiger partial charge in [0.25, 0.3) is 5.91 Å². The van der Waals surface area contributed by atoms with Crippen LogP contribution in [0.25, 0.3) is 11.3 Å². The summed E-state index contributed by atoms with van der Waals surface area (Å²) in [5.41, 5.74) is 2.31. The van der Waals surface area contributed by atoms with E-state index in [1.165, 1.54) is 21.9 Å². The number of nitriles is 1. The molecule has 9 nitrogen and oxygen atoms in total. The predicted octanol–water partition coefficient (Wildman–Crippen LogP) is 3.49. The number of nitrogens with zero attached hydrogens (tertiary/aromatic N) is 5. The first-order valence-corrected chi connectivity index (χ1v) is 14.2. The van der Waals surface area contributed by atoms with Gasteiger partial charge in [0.15, 0.2) is 0 Å². The summed E-state index contributed by atoms with van der Waals surface area (Å²) >= 11 is 7.57. The van der Waals surface area contributed by atoms with E-state index in [1.807, 2.05) is 25.3 Å². The quantitative estimate of drug-likeness (QED) is 0.497.